The van der Waals surface area contributed by atoms with E-state index in [1.807, 2.05) is 32.2 Å². The van der Waals surface area contributed by atoms with Crippen LogP contribution in [0.3, 0.4) is 0 Å². The molecule has 1 aliphatic rings. The number of hydrogen-bond acceptors (Lipinski definition) is 2. The average Bonchev–Trinajstić information content (AvgIpc) is 2.42. The summed E-state index contributed by atoms with van der Waals surface area (Å²) in [5.41, 5.74) is 1.75. The van der Waals surface area contributed by atoms with Gasteiger partial charge < -0.3 is 9.64 Å². The summed E-state index contributed by atoms with van der Waals surface area (Å²) in [5.74, 6) is 0.0629. The molecule has 0 aromatic heterocycles. The number of likely N-dealkylation sites (N-methyl/N-ethyl adjacent to an activating group) is 1. The van der Waals surface area contributed by atoms with Crippen molar-refractivity contribution in [1.82, 2.24) is 4.90 Å². The maximum atomic E-state index is 12.4. The fourth-order valence-corrected chi connectivity index (χ4v) is 2.75. The maximum Gasteiger partial charge on any atom is 0.253 e. The maximum absolute atomic E-state index is 12.4. The summed E-state index contributed by atoms with van der Waals surface area (Å²) in [6.07, 6.45) is 3.58. The standard InChI is InChI=1S/C15H20BrNO2/c1-11-13(7-5-8-14(11)16)15(18)17(2)10-12-6-3-4-9-19-12/h5,7-8,12H,3-4,6,9-10H2,1-2H3. The predicted molar refractivity (Wildman–Crippen MR) is 79.4 cm³/mol. The Kier molecular flexibility index (Phi) is 4.99. The largest absolute Gasteiger partial charge is 0.376 e. The molecule has 1 heterocycles. The van der Waals surface area contributed by atoms with Crippen molar-refractivity contribution in [3.8, 4) is 0 Å². The van der Waals surface area contributed by atoms with Crippen LogP contribution in [0.25, 0.3) is 0 Å². The fourth-order valence-electron chi connectivity index (χ4n) is 2.38. The first-order valence-electron chi connectivity index (χ1n) is 6.72. The Morgan fingerprint density at radius 2 is 2.26 bits per heavy atom. The Labute approximate surface area is 123 Å². The minimum absolute atomic E-state index is 0.0629. The molecule has 1 atom stereocenters. The highest BCUT2D eigenvalue weighted by atomic mass is 79.9. The van der Waals surface area contributed by atoms with Crippen molar-refractivity contribution in [2.45, 2.75) is 32.3 Å². The number of carbonyl (C=O) groups excluding carboxylic acids is 1. The van der Waals surface area contributed by atoms with E-state index < -0.39 is 0 Å². The molecule has 0 bridgehead atoms. The molecule has 3 nitrogen and oxygen atoms in total. The number of ether oxygens (including phenoxy) is 1. The molecule has 1 saturated heterocycles. The Balaban J connectivity index is 2.03. The van der Waals surface area contributed by atoms with Gasteiger partial charge in [-0.25, -0.2) is 0 Å². The highest BCUT2D eigenvalue weighted by Crippen LogP contribution is 2.21. The molecule has 0 N–H and O–H groups in total. The number of rotatable bonds is 3. The molecule has 4 heteroatoms. The van der Waals surface area contributed by atoms with E-state index in [0.29, 0.717) is 6.54 Å². The van der Waals surface area contributed by atoms with Gasteiger partial charge in [-0.3, -0.25) is 4.79 Å². The van der Waals surface area contributed by atoms with Gasteiger partial charge in [0.1, 0.15) is 0 Å². The van der Waals surface area contributed by atoms with Crippen molar-refractivity contribution in [3.63, 3.8) is 0 Å². The zero-order valence-electron chi connectivity index (χ0n) is 11.5. The quantitative estimate of drug-likeness (QED) is 0.852. The molecule has 1 aromatic carbocycles. The van der Waals surface area contributed by atoms with Crippen LogP contribution in [-0.2, 0) is 4.74 Å². The van der Waals surface area contributed by atoms with Crippen LogP contribution in [0.5, 0.6) is 0 Å². The third-order valence-corrected chi connectivity index (χ3v) is 4.46. The molecule has 0 aliphatic carbocycles. The number of nitrogens with zero attached hydrogens (tertiary/aromatic N) is 1. The van der Waals surface area contributed by atoms with Gasteiger partial charge in [0.05, 0.1) is 6.10 Å². The van der Waals surface area contributed by atoms with Crippen LogP contribution in [0, 0.1) is 6.92 Å². The van der Waals surface area contributed by atoms with Gasteiger partial charge in [0.25, 0.3) is 5.91 Å². The van der Waals surface area contributed by atoms with Gasteiger partial charge in [-0.15, -0.1) is 0 Å². The lowest BCUT2D eigenvalue weighted by atomic mass is 10.1. The molecule has 1 fully saturated rings. The van der Waals surface area contributed by atoms with Crippen LogP contribution in [0.4, 0.5) is 0 Å². The summed E-state index contributed by atoms with van der Waals surface area (Å²) in [6.45, 7) is 3.45. The van der Waals surface area contributed by atoms with Crippen molar-refractivity contribution < 1.29 is 9.53 Å². The summed E-state index contributed by atoms with van der Waals surface area (Å²) in [6, 6.07) is 5.73. The van der Waals surface area contributed by atoms with Crippen molar-refractivity contribution in [2.24, 2.45) is 0 Å². The fraction of sp³-hybridized carbons (Fsp3) is 0.533. The van der Waals surface area contributed by atoms with Crippen molar-refractivity contribution in [2.75, 3.05) is 20.2 Å². The third kappa shape index (κ3) is 3.57. The first-order valence-corrected chi connectivity index (χ1v) is 7.51. The van der Waals surface area contributed by atoms with Crippen LogP contribution in [0.15, 0.2) is 22.7 Å². The number of halogens is 1. The van der Waals surface area contributed by atoms with Crippen LogP contribution < -0.4 is 0 Å². The van der Waals surface area contributed by atoms with Gasteiger partial charge in [0, 0.05) is 30.2 Å². The lowest BCUT2D eigenvalue weighted by molar-refractivity contribution is -0.000203. The lowest BCUT2D eigenvalue weighted by Crippen LogP contribution is -2.37. The van der Waals surface area contributed by atoms with Crippen LogP contribution in [0.2, 0.25) is 0 Å². The molecular weight excluding hydrogens is 306 g/mol. The Morgan fingerprint density at radius 3 is 2.95 bits per heavy atom. The van der Waals surface area contributed by atoms with Gasteiger partial charge in [-0.05, 0) is 43.9 Å². The number of carbonyl (C=O) groups is 1. The minimum atomic E-state index is 0.0629. The molecule has 0 saturated carbocycles. The number of amides is 1. The summed E-state index contributed by atoms with van der Waals surface area (Å²) >= 11 is 3.47. The smallest absolute Gasteiger partial charge is 0.253 e. The average molecular weight is 326 g/mol. The zero-order valence-corrected chi connectivity index (χ0v) is 13.1. The summed E-state index contributed by atoms with van der Waals surface area (Å²) < 4.78 is 6.66. The van der Waals surface area contributed by atoms with E-state index in [0.717, 1.165) is 35.0 Å². The van der Waals surface area contributed by atoms with E-state index in [-0.39, 0.29) is 12.0 Å². The van der Waals surface area contributed by atoms with Crippen molar-refractivity contribution in [1.29, 1.82) is 0 Å². The second-order valence-electron chi connectivity index (χ2n) is 5.09. The number of benzene rings is 1. The van der Waals surface area contributed by atoms with Gasteiger partial charge in [-0.1, -0.05) is 22.0 Å². The van der Waals surface area contributed by atoms with E-state index in [9.17, 15) is 4.79 Å². The predicted octanol–water partition coefficient (Wildman–Crippen LogP) is 3.40. The van der Waals surface area contributed by atoms with E-state index in [1.165, 1.54) is 6.42 Å². The molecule has 1 unspecified atom stereocenters. The van der Waals surface area contributed by atoms with E-state index >= 15 is 0 Å². The highest BCUT2D eigenvalue weighted by molar-refractivity contribution is 9.10. The molecule has 1 aromatic rings. The first-order chi connectivity index (χ1) is 9.09. The van der Waals surface area contributed by atoms with Crippen LogP contribution >= 0.6 is 15.9 Å². The second-order valence-corrected chi connectivity index (χ2v) is 5.94. The zero-order chi connectivity index (χ0) is 13.8. The molecule has 0 radical (unpaired) electrons. The molecular formula is C15H20BrNO2. The molecule has 1 aliphatic heterocycles. The molecule has 104 valence electrons. The topological polar surface area (TPSA) is 29.5 Å². The lowest BCUT2D eigenvalue weighted by Gasteiger charge is -2.27. The highest BCUT2D eigenvalue weighted by Gasteiger charge is 2.21. The van der Waals surface area contributed by atoms with E-state index in [2.05, 4.69) is 15.9 Å². The van der Waals surface area contributed by atoms with E-state index in [1.54, 1.807) is 4.90 Å². The minimum Gasteiger partial charge on any atom is -0.376 e. The van der Waals surface area contributed by atoms with Crippen LogP contribution in [-0.4, -0.2) is 37.1 Å². The van der Waals surface area contributed by atoms with Gasteiger partial charge in [-0.2, -0.15) is 0 Å². The molecule has 2 rings (SSSR count). The second kappa shape index (κ2) is 6.53. The molecule has 0 spiro atoms. The monoisotopic (exact) mass is 325 g/mol. The molecule has 1 amide bonds. The van der Waals surface area contributed by atoms with Crippen LogP contribution in [0.1, 0.15) is 35.2 Å². The Bertz CT molecular complexity index is 455. The first kappa shape index (κ1) is 14.5. The van der Waals surface area contributed by atoms with Crippen molar-refractivity contribution >= 4 is 21.8 Å². The van der Waals surface area contributed by atoms with Gasteiger partial charge >= 0.3 is 0 Å². The van der Waals surface area contributed by atoms with E-state index in [4.69, 9.17) is 4.74 Å². The molecule has 19 heavy (non-hydrogen) atoms. The summed E-state index contributed by atoms with van der Waals surface area (Å²) in [4.78, 5) is 14.2. The summed E-state index contributed by atoms with van der Waals surface area (Å²) in [7, 11) is 1.85. The number of hydrogen-bond donors (Lipinski definition) is 0. The normalized spacial score (nSPS) is 19.2. The Morgan fingerprint density at radius 1 is 1.47 bits per heavy atom. The SMILES string of the molecule is Cc1c(Br)cccc1C(=O)N(C)CC1CCCCO1. The summed E-state index contributed by atoms with van der Waals surface area (Å²) in [5, 5.41) is 0. The van der Waals surface area contributed by atoms with Gasteiger partial charge in [0.15, 0.2) is 0 Å². The Hall–Kier alpha value is -0.870. The third-order valence-electron chi connectivity index (χ3n) is 3.60. The van der Waals surface area contributed by atoms with Gasteiger partial charge in [0.2, 0.25) is 0 Å². The van der Waals surface area contributed by atoms with Crippen molar-refractivity contribution in [3.05, 3.63) is 33.8 Å².